The van der Waals surface area contributed by atoms with E-state index in [1.165, 1.54) is 0 Å². The van der Waals surface area contributed by atoms with Crippen LogP contribution in [-0.4, -0.2) is 63.9 Å². The van der Waals surface area contributed by atoms with Gasteiger partial charge < -0.3 is 15.4 Å². The number of sulfonamides is 1. The van der Waals surface area contributed by atoms with Crippen molar-refractivity contribution in [1.82, 2.24) is 9.62 Å². The number of hydrogen-bond donors (Lipinski definition) is 2. The summed E-state index contributed by atoms with van der Waals surface area (Å²) in [5.74, 6) is 0.194. The van der Waals surface area contributed by atoms with Crippen LogP contribution in [0, 0.1) is 5.92 Å². The van der Waals surface area contributed by atoms with Gasteiger partial charge in [-0.25, -0.2) is 13.1 Å². The van der Waals surface area contributed by atoms with E-state index in [-0.39, 0.29) is 24.0 Å². The smallest absolute Gasteiger partial charge is 0.251 e. The van der Waals surface area contributed by atoms with Gasteiger partial charge >= 0.3 is 0 Å². The molecule has 8 heteroatoms. The molecule has 3 atom stereocenters. The lowest BCUT2D eigenvalue weighted by molar-refractivity contribution is -0.144. The lowest BCUT2D eigenvalue weighted by atomic mass is 9.97. The van der Waals surface area contributed by atoms with Crippen LogP contribution in [-0.2, 0) is 19.6 Å². The number of nitrogens with zero attached hydrogens (tertiary/aromatic N) is 1. The Morgan fingerprint density at radius 3 is 2.76 bits per heavy atom. The van der Waals surface area contributed by atoms with Crippen molar-refractivity contribution in [1.29, 1.82) is 0 Å². The van der Waals surface area contributed by atoms with Gasteiger partial charge in [-0.05, 0) is 31.6 Å². The molecule has 2 aliphatic rings. The summed E-state index contributed by atoms with van der Waals surface area (Å²) in [7, 11) is -3.18. The molecule has 7 nitrogen and oxygen atoms in total. The third-order valence-electron chi connectivity index (χ3n) is 4.11. The van der Waals surface area contributed by atoms with E-state index in [1.54, 1.807) is 0 Å². The van der Waals surface area contributed by atoms with Gasteiger partial charge in [-0.15, -0.1) is 0 Å². The molecule has 21 heavy (non-hydrogen) atoms. The summed E-state index contributed by atoms with van der Waals surface area (Å²) in [5.41, 5.74) is 5.56. The van der Waals surface area contributed by atoms with E-state index in [4.69, 9.17) is 10.5 Å². The first-order chi connectivity index (χ1) is 9.89. The Balaban J connectivity index is 1.84. The van der Waals surface area contributed by atoms with Crippen LogP contribution in [0.1, 0.15) is 25.7 Å². The average Bonchev–Trinajstić information content (AvgIpc) is 2.93. The number of piperidine rings is 1. The van der Waals surface area contributed by atoms with Crippen molar-refractivity contribution in [2.24, 2.45) is 11.7 Å². The van der Waals surface area contributed by atoms with Gasteiger partial charge in [0.25, 0.3) is 5.91 Å². The van der Waals surface area contributed by atoms with Gasteiger partial charge in [0.05, 0.1) is 12.4 Å². The van der Waals surface area contributed by atoms with Crippen LogP contribution in [0.4, 0.5) is 0 Å². The molecule has 0 spiro atoms. The molecule has 122 valence electrons. The number of nitrogens with one attached hydrogen (secondary N) is 1. The number of carbonyl (C=O) groups excluding carboxylic acids is 1. The van der Waals surface area contributed by atoms with Crippen LogP contribution < -0.4 is 10.5 Å². The number of ether oxygens (including phenoxy) is 1. The number of amides is 1. The number of carbonyl (C=O) groups is 1. The summed E-state index contributed by atoms with van der Waals surface area (Å²) in [5, 5.41) is 0. The van der Waals surface area contributed by atoms with E-state index in [9.17, 15) is 13.2 Å². The molecular weight excluding hydrogens is 294 g/mol. The molecule has 2 rings (SSSR count). The van der Waals surface area contributed by atoms with E-state index in [0.29, 0.717) is 19.6 Å². The Bertz CT molecular complexity index is 468. The first-order valence-electron chi connectivity index (χ1n) is 7.48. The highest BCUT2D eigenvalue weighted by Gasteiger charge is 2.34. The van der Waals surface area contributed by atoms with Crippen molar-refractivity contribution in [2.75, 3.05) is 32.4 Å². The fourth-order valence-electron chi connectivity index (χ4n) is 2.97. The van der Waals surface area contributed by atoms with Crippen LogP contribution in [0.25, 0.3) is 0 Å². The lowest BCUT2D eigenvalue weighted by Crippen LogP contribution is -2.47. The van der Waals surface area contributed by atoms with Gasteiger partial charge in [0, 0.05) is 26.2 Å². The first kappa shape index (κ1) is 16.7. The van der Waals surface area contributed by atoms with Crippen LogP contribution >= 0.6 is 0 Å². The zero-order chi connectivity index (χ0) is 15.5. The van der Waals surface area contributed by atoms with E-state index in [1.807, 2.05) is 4.90 Å². The van der Waals surface area contributed by atoms with Crippen LogP contribution in [0.2, 0.25) is 0 Å². The number of nitrogens with two attached hydrogens (primary N) is 1. The summed E-state index contributed by atoms with van der Waals surface area (Å²) >= 11 is 0. The summed E-state index contributed by atoms with van der Waals surface area (Å²) in [6, 6.07) is 0. The summed E-state index contributed by atoms with van der Waals surface area (Å²) in [6.07, 6.45) is 4.16. The van der Waals surface area contributed by atoms with E-state index < -0.39 is 10.0 Å². The molecule has 0 aromatic rings. The Morgan fingerprint density at radius 1 is 1.38 bits per heavy atom. The highest BCUT2D eigenvalue weighted by atomic mass is 32.2. The molecule has 2 heterocycles. The second-order valence-electron chi connectivity index (χ2n) is 5.97. The van der Waals surface area contributed by atoms with Gasteiger partial charge in [0.2, 0.25) is 10.0 Å². The van der Waals surface area contributed by atoms with Crippen molar-refractivity contribution < 1.29 is 17.9 Å². The van der Waals surface area contributed by atoms with E-state index in [0.717, 1.165) is 38.5 Å². The lowest BCUT2D eigenvalue weighted by Gasteiger charge is -2.34. The second kappa shape index (κ2) is 7.04. The zero-order valence-electron chi connectivity index (χ0n) is 12.5. The van der Waals surface area contributed by atoms with E-state index >= 15 is 0 Å². The predicted molar refractivity (Wildman–Crippen MR) is 79.1 cm³/mol. The third kappa shape index (κ3) is 4.91. The predicted octanol–water partition coefficient (Wildman–Crippen LogP) is -0.719. The van der Waals surface area contributed by atoms with Gasteiger partial charge in [-0.2, -0.15) is 0 Å². The molecule has 0 aromatic heterocycles. The Kier molecular flexibility index (Phi) is 5.59. The first-order valence-corrected chi connectivity index (χ1v) is 9.37. The Morgan fingerprint density at radius 2 is 2.14 bits per heavy atom. The summed E-state index contributed by atoms with van der Waals surface area (Å²) in [6.45, 7) is 2.15. The molecule has 0 bridgehead atoms. The third-order valence-corrected chi connectivity index (χ3v) is 4.80. The topological polar surface area (TPSA) is 102 Å². The van der Waals surface area contributed by atoms with Gasteiger partial charge in [-0.1, -0.05) is 0 Å². The van der Waals surface area contributed by atoms with Crippen molar-refractivity contribution >= 4 is 15.9 Å². The molecule has 3 unspecified atom stereocenters. The average molecular weight is 319 g/mol. The Labute approximate surface area is 126 Å². The van der Waals surface area contributed by atoms with Crippen LogP contribution in [0.5, 0.6) is 0 Å². The maximum absolute atomic E-state index is 12.4. The van der Waals surface area contributed by atoms with Crippen molar-refractivity contribution in [2.45, 2.75) is 37.9 Å². The molecule has 2 saturated heterocycles. The highest BCUT2D eigenvalue weighted by molar-refractivity contribution is 7.88. The SMILES string of the molecule is CS(=O)(=O)NCC1CCCN(C(=O)C2CCC(CN)O2)C1. The fraction of sp³-hybridized carbons (Fsp3) is 0.923. The number of hydrogen-bond acceptors (Lipinski definition) is 5. The molecule has 0 radical (unpaired) electrons. The maximum Gasteiger partial charge on any atom is 0.251 e. The minimum Gasteiger partial charge on any atom is -0.364 e. The van der Waals surface area contributed by atoms with Crippen LogP contribution in [0.15, 0.2) is 0 Å². The second-order valence-corrected chi connectivity index (χ2v) is 7.81. The minimum absolute atomic E-state index is 0.00793. The largest absolute Gasteiger partial charge is 0.364 e. The molecule has 0 aliphatic carbocycles. The molecular formula is C13H25N3O4S. The minimum atomic E-state index is -3.18. The van der Waals surface area contributed by atoms with Crippen molar-refractivity contribution in [3.63, 3.8) is 0 Å². The highest BCUT2D eigenvalue weighted by Crippen LogP contribution is 2.23. The normalized spacial score (nSPS) is 30.6. The zero-order valence-corrected chi connectivity index (χ0v) is 13.3. The molecule has 0 aromatic carbocycles. The molecule has 0 saturated carbocycles. The Hall–Kier alpha value is -0.700. The van der Waals surface area contributed by atoms with Crippen molar-refractivity contribution in [3.8, 4) is 0 Å². The van der Waals surface area contributed by atoms with E-state index in [2.05, 4.69) is 4.72 Å². The van der Waals surface area contributed by atoms with Crippen LogP contribution in [0.3, 0.4) is 0 Å². The van der Waals surface area contributed by atoms with Gasteiger partial charge in [-0.3, -0.25) is 4.79 Å². The quantitative estimate of drug-likeness (QED) is 0.696. The monoisotopic (exact) mass is 319 g/mol. The molecule has 1 amide bonds. The van der Waals surface area contributed by atoms with Gasteiger partial charge in [0.1, 0.15) is 6.10 Å². The fourth-order valence-corrected chi connectivity index (χ4v) is 3.50. The summed E-state index contributed by atoms with van der Waals surface area (Å²) < 4.78 is 30.5. The van der Waals surface area contributed by atoms with Crippen molar-refractivity contribution in [3.05, 3.63) is 0 Å². The summed E-state index contributed by atoms with van der Waals surface area (Å²) in [4.78, 5) is 14.2. The standard InChI is InChI=1S/C13H25N3O4S/c1-21(18,19)15-8-10-3-2-6-16(9-10)13(17)12-5-4-11(7-14)20-12/h10-12,15H,2-9,14H2,1H3. The molecule has 2 aliphatic heterocycles. The number of likely N-dealkylation sites (tertiary alicyclic amines) is 1. The number of rotatable bonds is 5. The maximum atomic E-state index is 12.4. The van der Waals surface area contributed by atoms with Gasteiger partial charge in [0.15, 0.2) is 0 Å². The molecule has 2 fully saturated rings. The molecule has 3 N–H and O–H groups in total.